The Morgan fingerprint density at radius 2 is 1.87 bits per heavy atom. The van der Waals surface area contributed by atoms with Crippen LogP contribution < -0.4 is 15.4 Å². The lowest BCUT2D eigenvalue weighted by Gasteiger charge is -2.20. The van der Waals surface area contributed by atoms with E-state index in [2.05, 4.69) is 15.6 Å². The van der Waals surface area contributed by atoms with Gasteiger partial charge in [-0.15, -0.1) is 24.0 Å². The summed E-state index contributed by atoms with van der Waals surface area (Å²) < 4.78 is 34.7. The summed E-state index contributed by atoms with van der Waals surface area (Å²) in [6.45, 7) is 11.8. The summed E-state index contributed by atoms with van der Waals surface area (Å²) in [6.07, 6.45) is 0.819. The van der Waals surface area contributed by atoms with Crippen molar-refractivity contribution in [2.45, 2.75) is 52.3 Å². The summed E-state index contributed by atoms with van der Waals surface area (Å²) in [5, 5.41) is 6.27. The largest absolute Gasteiger partial charge is 0.493 e. The SMILES string of the molecule is CCNC(=NCc1ccc(C)cc1OCCCOC)NCCS(=O)(=O)C(C)(C)C.I. The molecule has 9 heteroatoms. The van der Waals surface area contributed by atoms with E-state index in [1.165, 1.54) is 0 Å². The zero-order chi connectivity index (χ0) is 21.9. The minimum atomic E-state index is -3.18. The highest BCUT2D eigenvalue weighted by molar-refractivity contribution is 14.0. The van der Waals surface area contributed by atoms with E-state index in [4.69, 9.17) is 9.47 Å². The normalized spacial score (nSPS) is 12.3. The molecule has 0 aliphatic heterocycles. The van der Waals surface area contributed by atoms with Crippen molar-refractivity contribution < 1.29 is 17.9 Å². The number of aliphatic imine (C=N–C) groups is 1. The molecule has 0 aliphatic rings. The number of rotatable bonds is 11. The number of halogens is 1. The number of ether oxygens (including phenoxy) is 2. The van der Waals surface area contributed by atoms with Crippen molar-refractivity contribution in [1.82, 2.24) is 10.6 Å². The van der Waals surface area contributed by atoms with Crippen LogP contribution in [-0.2, 0) is 21.1 Å². The van der Waals surface area contributed by atoms with Crippen LogP contribution in [0.25, 0.3) is 0 Å². The molecule has 1 rings (SSSR count). The Labute approximate surface area is 199 Å². The standard InChI is InChI=1S/C21H37N3O4S.HI/c1-7-22-20(23-11-14-29(25,26)21(3,4)5)24-16-18-10-9-17(2)15-19(18)28-13-8-12-27-6;/h9-10,15H,7-8,11-14,16H2,1-6H3,(H2,22,23,24);1H. The highest BCUT2D eigenvalue weighted by atomic mass is 127. The summed E-state index contributed by atoms with van der Waals surface area (Å²) in [6, 6.07) is 6.05. The molecule has 0 saturated heterocycles. The number of nitrogens with one attached hydrogen (secondary N) is 2. The van der Waals surface area contributed by atoms with Gasteiger partial charge in [-0.05, 0) is 46.2 Å². The second kappa shape index (κ2) is 14.1. The van der Waals surface area contributed by atoms with Crippen molar-refractivity contribution in [1.29, 1.82) is 0 Å². The molecule has 0 amide bonds. The highest BCUT2D eigenvalue weighted by Gasteiger charge is 2.28. The number of nitrogens with zero attached hydrogens (tertiary/aromatic N) is 1. The first-order valence-electron chi connectivity index (χ1n) is 10.1. The van der Waals surface area contributed by atoms with Crippen molar-refractivity contribution in [2.24, 2.45) is 4.99 Å². The minimum Gasteiger partial charge on any atom is -0.493 e. The Bertz CT molecular complexity index is 762. The molecule has 1 aromatic carbocycles. The molecule has 0 bridgehead atoms. The maximum Gasteiger partial charge on any atom is 0.191 e. The topological polar surface area (TPSA) is 89.0 Å². The van der Waals surface area contributed by atoms with Crippen molar-refractivity contribution in [2.75, 3.05) is 39.2 Å². The summed E-state index contributed by atoms with van der Waals surface area (Å²) in [5.74, 6) is 1.46. The van der Waals surface area contributed by atoms with Gasteiger partial charge in [-0.2, -0.15) is 0 Å². The molecule has 0 spiro atoms. The Balaban J connectivity index is 0.00000841. The first-order valence-corrected chi connectivity index (χ1v) is 11.7. The fourth-order valence-corrected chi connectivity index (χ4v) is 3.41. The Kier molecular flexibility index (Phi) is 13.6. The number of hydrogen-bond donors (Lipinski definition) is 2. The third-order valence-corrected chi connectivity index (χ3v) is 6.93. The van der Waals surface area contributed by atoms with E-state index >= 15 is 0 Å². The zero-order valence-electron chi connectivity index (χ0n) is 19.1. The predicted octanol–water partition coefficient (Wildman–Crippen LogP) is 3.30. The van der Waals surface area contributed by atoms with Gasteiger partial charge in [0.1, 0.15) is 5.75 Å². The van der Waals surface area contributed by atoms with Gasteiger partial charge in [0.2, 0.25) is 0 Å². The monoisotopic (exact) mass is 555 g/mol. The molecule has 174 valence electrons. The van der Waals surface area contributed by atoms with E-state index in [-0.39, 0.29) is 29.7 Å². The molecule has 0 radical (unpaired) electrons. The zero-order valence-corrected chi connectivity index (χ0v) is 22.2. The van der Waals surface area contributed by atoms with Gasteiger partial charge < -0.3 is 20.1 Å². The van der Waals surface area contributed by atoms with Crippen molar-refractivity contribution >= 4 is 39.8 Å². The molecule has 1 aromatic rings. The maximum absolute atomic E-state index is 12.3. The molecule has 30 heavy (non-hydrogen) atoms. The smallest absolute Gasteiger partial charge is 0.191 e. The van der Waals surface area contributed by atoms with Gasteiger partial charge in [0, 0.05) is 38.8 Å². The lowest BCUT2D eigenvalue weighted by Crippen LogP contribution is -2.41. The van der Waals surface area contributed by atoms with E-state index in [0.717, 1.165) is 23.3 Å². The quantitative estimate of drug-likeness (QED) is 0.189. The second-order valence-electron chi connectivity index (χ2n) is 7.86. The number of guanidine groups is 1. The van der Waals surface area contributed by atoms with Gasteiger partial charge >= 0.3 is 0 Å². The van der Waals surface area contributed by atoms with Gasteiger partial charge in [-0.1, -0.05) is 12.1 Å². The Morgan fingerprint density at radius 3 is 2.47 bits per heavy atom. The van der Waals surface area contributed by atoms with Crippen LogP contribution in [0.15, 0.2) is 23.2 Å². The maximum atomic E-state index is 12.3. The average molecular weight is 556 g/mol. The molecular formula is C21H38IN3O4S. The third-order valence-electron chi connectivity index (χ3n) is 4.32. The van der Waals surface area contributed by atoms with Gasteiger partial charge in [0.25, 0.3) is 0 Å². The summed E-state index contributed by atoms with van der Waals surface area (Å²) in [5.41, 5.74) is 2.10. The molecule has 0 fully saturated rings. The average Bonchev–Trinajstić information content (AvgIpc) is 2.63. The van der Waals surface area contributed by atoms with Crippen LogP contribution in [-0.4, -0.2) is 58.3 Å². The van der Waals surface area contributed by atoms with Gasteiger partial charge in [0.05, 0.1) is 23.7 Å². The highest BCUT2D eigenvalue weighted by Crippen LogP contribution is 2.21. The van der Waals surface area contributed by atoms with Crippen LogP contribution in [0.3, 0.4) is 0 Å². The molecular weight excluding hydrogens is 517 g/mol. The number of methoxy groups -OCH3 is 1. The molecule has 0 atom stereocenters. The van der Waals surface area contributed by atoms with E-state index in [1.54, 1.807) is 27.9 Å². The van der Waals surface area contributed by atoms with Crippen molar-refractivity contribution in [3.8, 4) is 5.75 Å². The van der Waals surface area contributed by atoms with E-state index in [0.29, 0.717) is 38.8 Å². The lowest BCUT2D eigenvalue weighted by molar-refractivity contribution is 0.172. The van der Waals surface area contributed by atoms with Crippen LogP contribution in [0.5, 0.6) is 5.75 Å². The number of aryl methyl sites for hydroxylation is 1. The second-order valence-corrected chi connectivity index (χ2v) is 10.7. The predicted molar refractivity (Wildman–Crippen MR) is 135 cm³/mol. The molecule has 2 N–H and O–H groups in total. The van der Waals surface area contributed by atoms with Crippen molar-refractivity contribution in [3.63, 3.8) is 0 Å². The van der Waals surface area contributed by atoms with Crippen LogP contribution in [0.1, 0.15) is 45.2 Å². The molecule has 0 aliphatic carbocycles. The van der Waals surface area contributed by atoms with Gasteiger partial charge in [0.15, 0.2) is 15.8 Å². The van der Waals surface area contributed by atoms with Crippen LogP contribution >= 0.6 is 24.0 Å². The van der Waals surface area contributed by atoms with Crippen LogP contribution in [0, 0.1) is 6.92 Å². The minimum absolute atomic E-state index is 0. The molecule has 0 aromatic heterocycles. The van der Waals surface area contributed by atoms with Crippen LogP contribution in [0.2, 0.25) is 0 Å². The molecule has 7 nitrogen and oxygen atoms in total. The summed E-state index contributed by atoms with van der Waals surface area (Å²) in [7, 11) is -1.50. The number of hydrogen-bond acceptors (Lipinski definition) is 5. The fourth-order valence-electron chi connectivity index (χ4n) is 2.43. The Morgan fingerprint density at radius 1 is 1.17 bits per heavy atom. The Hall–Kier alpha value is -1.07. The fraction of sp³-hybridized carbons (Fsp3) is 0.667. The third kappa shape index (κ3) is 10.3. The van der Waals surface area contributed by atoms with E-state index in [9.17, 15) is 8.42 Å². The number of sulfone groups is 1. The van der Waals surface area contributed by atoms with Crippen LogP contribution in [0.4, 0.5) is 0 Å². The number of benzene rings is 1. The molecule has 0 unspecified atom stereocenters. The van der Waals surface area contributed by atoms with E-state index < -0.39 is 14.6 Å². The van der Waals surface area contributed by atoms with Gasteiger partial charge in [-0.25, -0.2) is 13.4 Å². The first-order chi connectivity index (χ1) is 13.6. The van der Waals surface area contributed by atoms with Gasteiger partial charge in [-0.3, -0.25) is 0 Å². The first kappa shape index (κ1) is 28.9. The van der Waals surface area contributed by atoms with Crippen molar-refractivity contribution in [3.05, 3.63) is 29.3 Å². The summed E-state index contributed by atoms with van der Waals surface area (Å²) in [4.78, 5) is 4.60. The molecule has 0 saturated carbocycles. The van der Waals surface area contributed by atoms with E-state index in [1.807, 2.05) is 32.0 Å². The lowest BCUT2D eigenvalue weighted by atomic mass is 10.1. The summed E-state index contributed by atoms with van der Waals surface area (Å²) >= 11 is 0. The molecule has 0 heterocycles.